The highest BCUT2D eigenvalue weighted by Crippen LogP contribution is 2.32. The van der Waals surface area contributed by atoms with Crippen LogP contribution < -0.4 is 4.18 Å². The number of halogens is 2. The molecule has 1 aromatic heterocycles. The molecule has 0 spiro atoms. The molecule has 0 saturated heterocycles. The molecule has 0 aliphatic rings. The molecule has 22 heavy (non-hydrogen) atoms. The maximum atomic E-state index is 12.3. The number of rotatable bonds is 3. The highest BCUT2D eigenvalue weighted by Gasteiger charge is 2.19. The number of pyridine rings is 1. The molecule has 0 aliphatic carbocycles. The Morgan fingerprint density at radius 1 is 0.909 bits per heavy atom. The summed E-state index contributed by atoms with van der Waals surface area (Å²) >= 11 is 12.0. The van der Waals surface area contributed by atoms with Gasteiger partial charge in [0.1, 0.15) is 15.6 Å². The van der Waals surface area contributed by atoms with Crippen molar-refractivity contribution in [2.24, 2.45) is 0 Å². The smallest absolute Gasteiger partial charge is 0.339 e. The SMILES string of the molecule is O=S(=O)(Oc1ccc(Cl)c2ccc(Cl)nc12)c1ccccc1. The second kappa shape index (κ2) is 5.76. The van der Waals surface area contributed by atoms with Gasteiger partial charge in [0.25, 0.3) is 0 Å². The summed E-state index contributed by atoms with van der Waals surface area (Å²) in [6.45, 7) is 0. The Hall–Kier alpha value is -1.82. The van der Waals surface area contributed by atoms with Crippen LogP contribution in [0.3, 0.4) is 0 Å². The molecule has 1 heterocycles. The standard InChI is InChI=1S/C15H9Cl2NO3S/c16-12-7-8-13(15-11(12)6-9-14(17)18-15)21-22(19,20)10-4-2-1-3-5-10/h1-9H. The number of aromatic nitrogens is 1. The zero-order valence-corrected chi connectivity index (χ0v) is 13.4. The Kier molecular flexibility index (Phi) is 3.95. The summed E-state index contributed by atoms with van der Waals surface area (Å²) in [5.74, 6) is 0.0748. The molecular formula is C15H9Cl2NO3S. The third-order valence-corrected chi connectivity index (χ3v) is 4.75. The molecule has 0 radical (unpaired) electrons. The van der Waals surface area contributed by atoms with E-state index in [0.29, 0.717) is 15.9 Å². The van der Waals surface area contributed by atoms with Gasteiger partial charge in [0.2, 0.25) is 0 Å². The first-order valence-corrected chi connectivity index (χ1v) is 8.38. The molecule has 112 valence electrons. The van der Waals surface area contributed by atoms with Crippen LogP contribution in [0.5, 0.6) is 5.75 Å². The van der Waals surface area contributed by atoms with E-state index in [0.717, 1.165) is 0 Å². The molecule has 7 heteroatoms. The van der Waals surface area contributed by atoms with Crippen LogP contribution >= 0.6 is 23.2 Å². The molecule has 0 amide bonds. The van der Waals surface area contributed by atoms with Crippen molar-refractivity contribution < 1.29 is 12.6 Å². The third-order valence-electron chi connectivity index (χ3n) is 2.96. The van der Waals surface area contributed by atoms with Gasteiger partial charge in [-0.15, -0.1) is 0 Å². The maximum absolute atomic E-state index is 12.3. The monoisotopic (exact) mass is 353 g/mol. The summed E-state index contributed by atoms with van der Waals surface area (Å²) in [7, 11) is -3.96. The molecule has 2 aromatic carbocycles. The van der Waals surface area contributed by atoms with Gasteiger partial charge >= 0.3 is 10.1 Å². The summed E-state index contributed by atoms with van der Waals surface area (Å²) in [5, 5.41) is 1.21. The van der Waals surface area contributed by atoms with Gasteiger partial charge in [-0.3, -0.25) is 0 Å². The first-order valence-electron chi connectivity index (χ1n) is 6.22. The van der Waals surface area contributed by atoms with E-state index in [-0.39, 0.29) is 15.8 Å². The van der Waals surface area contributed by atoms with E-state index in [2.05, 4.69) is 4.98 Å². The van der Waals surface area contributed by atoms with E-state index in [1.165, 1.54) is 18.2 Å². The first-order chi connectivity index (χ1) is 10.5. The molecule has 0 fully saturated rings. The molecule has 0 unspecified atom stereocenters. The minimum Gasteiger partial charge on any atom is -0.377 e. The summed E-state index contributed by atoms with van der Waals surface area (Å²) in [6, 6.07) is 14.1. The Morgan fingerprint density at radius 3 is 2.36 bits per heavy atom. The zero-order valence-electron chi connectivity index (χ0n) is 11.0. The fourth-order valence-electron chi connectivity index (χ4n) is 1.95. The van der Waals surface area contributed by atoms with E-state index in [1.54, 1.807) is 36.4 Å². The largest absolute Gasteiger partial charge is 0.377 e. The van der Waals surface area contributed by atoms with Crippen molar-refractivity contribution in [3.8, 4) is 5.75 Å². The Morgan fingerprint density at radius 2 is 1.64 bits per heavy atom. The van der Waals surface area contributed by atoms with Crippen LogP contribution in [0.15, 0.2) is 59.5 Å². The highest BCUT2D eigenvalue weighted by atomic mass is 35.5. The van der Waals surface area contributed by atoms with Crippen LogP contribution in [-0.4, -0.2) is 13.4 Å². The zero-order chi connectivity index (χ0) is 15.7. The second-order valence-corrected chi connectivity index (χ2v) is 6.77. The molecule has 0 aliphatic heterocycles. The highest BCUT2D eigenvalue weighted by molar-refractivity contribution is 7.87. The van der Waals surface area contributed by atoms with Gasteiger partial charge in [-0.05, 0) is 36.4 Å². The lowest BCUT2D eigenvalue weighted by molar-refractivity contribution is 0.488. The Labute approximate surface area is 137 Å². The second-order valence-electron chi connectivity index (χ2n) is 4.43. The lowest BCUT2D eigenvalue weighted by Gasteiger charge is -2.10. The molecule has 3 aromatic rings. The van der Waals surface area contributed by atoms with Gasteiger partial charge in [0, 0.05) is 5.39 Å². The van der Waals surface area contributed by atoms with Gasteiger partial charge in [-0.2, -0.15) is 8.42 Å². The van der Waals surface area contributed by atoms with Gasteiger partial charge in [0.15, 0.2) is 5.75 Å². The third kappa shape index (κ3) is 2.88. The fraction of sp³-hybridized carbons (Fsp3) is 0. The van der Waals surface area contributed by atoms with Crippen LogP contribution in [0.1, 0.15) is 0 Å². The average Bonchev–Trinajstić information content (AvgIpc) is 2.51. The summed E-state index contributed by atoms with van der Waals surface area (Å²) < 4.78 is 29.8. The molecule has 0 atom stereocenters. The minimum absolute atomic E-state index is 0.0557. The molecule has 3 rings (SSSR count). The van der Waals surface area contributed by atoms with Crippen molar-refractivity contribution in [2.75, 3.05) is 0 Å². The molecule has 0 N–H and O–H groups in total. The van der Waals surface area contributed by atoms with Gasteiger partial charge in [-0.25, -0.2) is 4.98 Å². The van der Waals surface area contributed by atoms with Crippen LogP contribution in [0, 0.1) is 0 Å². The lowest BCUT2D eigenvalue weighted by Crippen LogP contribution is -2.10. The minimum atomic E-state index is -3.96. The van der Waals surface area contributed by atoms with Crippen molar-refractivity contribution in [3.05, 3.63) is 64.8 Å². The number of fused-ring (bicyclic) bond motifs is 1. The predicted octanol–water partition coefficient (Wildman–Crippen LogP) is 4.31. The molecule has 0 bridgehead atoms. The Bertz CT molecular complexity index is 944. The van der Waals surface area contributed by atoms with Crippen molar-refractivity contribution >= 4 is 44.2 Å². The lowest BCUT2D eigenvalue weighted by atomic mass is 10.2. The molecular weight excluding hydrogens is 345 g/mol. The van der Waals surface area contributed by atoms with Gasteiger partial charge in [-0.1, -0.05) is 41.4 Å². The number of hydrogen-bond donors (Lipinski definition) is 0. The average molecular weight is 354 g/mol. The van der Waals surface area contributed by atoms with E-state index >= 15 is 0 Å². The molecule has 4 nitrogen and oxygen atoms in total. The summed E-state index contributed by atoms with van der Waals surface area (Å²) in [6.07, 6.45) is 0. The van der Waals surface area contributed by atoms with Crippen LogP contribution in [-0.2, 0) is 10.1 Å². The fourth-order valence-corrected chi connectivity index (χ4v) is 3.27. The number of benzene rings is 2. The van der Waals surface area contributed by atoms with Crippen LogP contribution in [0.25, 0.3) is 10.9 Å². The van der Waals surface area contributed by atoms with E-state index in [9.17, 15) is 8.42 Å². The maximum Gasteiger partial charge on any atom is 0.339 e. The van der Waals surface area contributed by atoms with Crippen LogP contribution in [0.4, 0.5) is 0 Å². The van der Waals surface area contributed by atoms with Crippen molar-refractivity contribution in [1.29, 1.82) is 0 Å². The predicted molar refractivity (Wildman–Crippen MR) is 86.0 cm³/mol. The van der Waals surface area contributed by atoms with Crippen molar-refractivity contribution in [1.82, 2.24) is 4.98 Å². The molecule has 0 saturated carbocycles. The van der Waals surface area contributed by atoms with Crippen LogP contribution in [0.2, 0.25) is 10.2 Å². The topological polar surface area (TPSA) is 56.3 Å². The van der Waals surface area contributed by atoms with E-state index < -0.39 is 10.1 Å². The number of nitrogens with zero attached hydrogens (tertiary/aromatic N) is 1. The summed E-state index contributed by atoms with van der Waals surface area (Å²) in [4.78, 5) is 4.16. The quantitative estimate of drug-likeness (QED) is 0.520. The Balaban J connectivity index is 2.12. The van der Waals surface area contributed by atoms with E-state index in [1.807, 2.05) is 0 Å². The number of hydrogen-bond acceptors (Lipinski definition) is 4. The first kappa shape index (κ1) is 15.1. The van der Waals surface area contributed by atoms with Crippen molar-refractivity contribution in [3.63, 3.8) is 0 Å². The normalized spacial score (nSPS) is 11.5. The summed E-state index contributed by atoms with van der Waals surface area (Å²) in [5.41, 5.74) is 0.291. The van der Waals surface area contributed by atoms with Crippen molar-refractivity contribution in [2.45, 2.75) is 4.90 Å². The van der Waals surface area contributed by atoms with Gasteiger partial charge in [0.05, 0.1) is 5.02 Å². The van der Waals surface area contributed by atoms with Gasteiger partial charge < -0.3 is 4.18 Å². The van der Waals surface area contributed by atoms with E-state index in [4.69, 9.17) is 27.4 Å².